The summed E-state index contributed by atoms with van der Waals surface area (Å²) in [7, 11) is 0. The number of halogens is 2. The number of ether oxygens (including phenoxy) is 1. The number of aryl methyl sites for hydroxylation is 1. The predicted molar refractivity (Wildman–Crippen MR) is 71.7 cm³/mol. The lowest BCUT2D eigenvalue weighted by atomic mass is 10.1. The zero-order valence-corrected chi connectivity index (χ0v) is 11.7. The van der Waals surface area contributed by atoms with Gasteiger partial charge >= 0.3 is 11.6 Å². The molecule has 1 aromatic carbocycles. The van der Waals surface area contributed by atoms with Crippen molar-refractivity contribution in [2.24, 2.45) is 0 Å². The highest BCUT2D eigenvalue weighted by Crippen LogP contribution is 2.31. The molecule has 0 amide bonds. The van der Waals surface area contributed by atoms with E-state index >= 15 is 0 Å². The summed E-state index contributed by atoms with van der Waals surface area (Å²) in [4.78, 5) is 22.4. The molecule has 0 N–H and O–H groups in total. The maximum atomic E-state index is 11.3. The molecule has 0 aliphatic carbocycles. The van der Waals surface area contributed by atoms with E-state index in [1.807, 2.05) is 0 Å². The summed E-state index contributed by atoms with van der Waals surface area (Å²) in [6.45, 7) is 1.78. The van der Waals surface area contributed by atoms with Crippen molar-refractivity contribution in [3.63, 3.8) is 0 Å². The summed E-state index contributed by atoms with van der Waals surface area (Å²) in [5.41, 5.74) is 0.628. The molecule has 0 atom stereocenters. The molecule has 0 saturated carbocycles. The second-order valence-electron chi connectivity index (χ2n) is 3.63. The minimum atomic E-state index is -0.480. The van der Waals surface area contributed by atoms with Gasteiger partial charge in [0.05, 0.1) is 5.02 Å². The highest BCUT2D eigenvalue weighted by Gasteiger charge is 2.11. The van der Waals surface area contributed by atoms with Gasteiger partial charge in [0.25, 0.3) is 0 Å². The molecule has 18 heavy (non-hydrogen) atoms. The number of hydrogen-bond acceptors (Lipinski definition) is 4. The fourth-order valence-corrected chi connectivity index (χ4v) is 1.86. The molecular weight excluding hydrogens is 323 g/mol. The van der Waals surface area contributed by atoms with Crippen molar-refractivity contribution in [3.8, 4) is 5.75 Å². The summed E-state index contributed by atoms with van der Waals surface area (Å²) >= 11 is 8.98. The molecule has 0 spiro atoms. The van der Waals surface area contributed by atoms with Crippen molar-refractivity contribution in [2.45, 2.75) is 6.92 Å². The SMILES string of the molecule is Cc1cc(=O)oc2cc(OC(=O)CBr)c(Cl)cc12. The standard InChI is InChI=1S/C12H8BrClO4/c1-6-2-11(15)17-9-4-10(18-12(16)5-13)8(14)3-7(6)9/h2-4H,5H2,1H3. The molecule has 0 radical (unpaired) electrons. The fraction of sp³-hybridized carbons (Fsp3) is 0.167. The van der Waals surface area contributed by atoms with E-state index in [0.717, 1.165) is 5.56 Å². The molecule has 2 rings (SSSR count). The van der Waals surface area contributed by atoms with Crippen LogP contribution in [0.25, 0.3) is 11.0 Å². The van der Waals surface area contributed by atoms with Crippen LogP contribution in [0, 0.1) is 6.92 Å². The Bertz CT molecular complexity index is 678. The van der Waals surface area contributed by atoms with Crippen LogP contribution in [0.1, 0.15) is 5.56 Å². The van der Waals surface area contributed by atoms with E-state index in [-0.39, 0.29) is 16.1 Å². The van der Waals surface area contributed by atoms with Crippen molar-refractivity contribution < 1.29 is 13.9 Å². The zero-order valence-electron chi connectivity index (χ0n) is 9.33. The van der Waals surface area contributed by atoms with Gasteiger partial charge in [0, 0.05) is 17.5 Å². The Kier molecular flexibility index (Phi) is 3.73. The van der Waals surface area contributed by atoms with E-state index in [9.17, 15) is 9.59 Å². The summed E-state index contributed by atoms with van der Waals surface area (Å²) < 4.78 is 10.0. The third-order valence-electron chi connectivity index (χ3n) is 2.34. The highest BCUT2D eigenvalue weighted by molar-refractivity contribution is 9.09. The van der Waals surface area contributed by atoms with Crippen molar-refractivity contribution >= 4 is 44.5 Å². The van der Waals surface area contributed by atoms with Gasteiger partial charge in [-0.15, -0.1) is 0 Å². The first-order chi connectivity index (χ1) is 8.51. The van der Waals surface area contributed by atoms with Crippen molar-refractivity contribution in [1.29, 1.82) is 0 Å². The smallest absolute Gasteiger partial charge is 0.336 e. The Morgan fingerprint density at radius 3 is 2.83 bits per heavy atom. The van der Waals surface area contributed by atoms with Crippen LogP contribution in [0.2, 0.25) is 5.02 Å². The quantitative estimate of drug-likeness (QED) is 0.367. The number of fused-ring (bicyclic) bond motifs is 1. The van der Waals surface area contributed by atoms with Crippen LogP contribution in [0.15, 0.2) is 27.4 Å². The van der Waals surface area contributed by atoms with Crippen molar-refractivity contribution in [1.82, 2.24) is 0 Å². The van der Waals surface area contributed by atoms with Gasteiger partial charge in [-0.1, -0.05) is 27.5 Å². The largest absolute Gasteiger partial charge is 0.424 e. The van der Waals surface area contributed by atoms with Crippen LogP contribution in [-0.2, 0) is 4.79 Å². The van der Waals surface area contributed by atoms with E-state index < -0.39 is 11.6 Å². The van der Waals surface area contributed by atoms with Crippen molar-refractivity contribution in [3.05, 3.63) is 39.2 Å². The number of esters is 1. The topological polar surface area (TPSA) is 56.5 Å². The van der Waals surface area contributed by atoms with Crippen LogP contribution in [0.3, 0.4) is 0 Å². The molecule has 1 aromatic heterocycles. The first-order valence-electron chi connectivity index (χ1n) is 5.02. The lowest BCUT2D eigenvalue weighted by Crippen LogP contribution is -2.09. The number of hydrogen-bond donors (Lipinski definition) is 0. The maximum absolute atomic E-state index is 11.3. The second-order valence-corrected chi connectivity index (χ2v) is 4.60. The summed E-state index contributed by atoms with van der Waals surface area (Å²) in [6, 6.07) is 4.42. The van der Waals surface area contributed by atoms with Crippen molar-refractivity contribution in [2.75, 3.05) is 5.33 Å². The summed E-state index contributed by atoms with van der Waals surface area (Å²) in [5.74, 6) is -0.311. The van der Waals surface area contributed by atoms with Crippen LogP contribution >= 0.6 is 27.5 Å². The first-order valence-corrected chi connectivity index (χ1v) is 6.52. The molecule has 0 saturated heterocycles. The van der Waals surface area contributed by atoms with Crippen LogP contribution in [0.4, 0.5) is 0 Å². The molecule has 2 aromatic rings. The van der Waals surface area contributed by atoms with E-state index in [1.54, 1.807) is 13.0 Å². The van der Waals surface area contributed by atoms with Gasteiger partial charge in [0.2, 0.25) is 0 Å². The number of carbonyl (C=O) groups is 1. The minimum Gasteiger partial charge on any atom is -0.424 e. The molecule has 0 aliphatic rings. The Labute approximate surface area is 116 Å². The Balaban J connectivity index is 2.61. The number of benzene rings is 1. The van der Waals surface area contributed by atoms with E-state index in [2.05, 4.69) is 15.9 Å². The lowest BCUT2D eigenvalue weighted by Gasteiger charge is -2.07. The fourth-order valence-electron chi connectivity index (χ4n) is 1.55. The van der Waals surface area contributed by atoms with Crippen LogP contribution in [-0.4, -0.2) is 11.3 Å². The van der Waals surface area contributed by atoms with E-state index in [1.165, 1.54) is 12.1 Å². The Hall–Kier alpha value is -1.33. The average molecular weight is 332 g/mol. The van der Waals surface area contributed by atoms with Crippen LogP contribution in [0.5, 0.6) is 5.75 Å². The molecule has 1 heterocycles. The molecule has 0 fully saturated rings. The van der Waals surface area contributed by atoms with Gasteiger partial charge in [-0.3, -0.25) is 4.79 Å². The third-order valence-corrected chi connectivity index (χ3v) is 3.09. The van der Waals surface area contributed by atoms with E-state index in [0.29, 0.717) is 11.0 Å². The molecule has 4 nitrogen and oxygen atoms in total. The number of rotatable bonds is 2. The molecular formula is C12H8BrClO4. The second kappa shape index (κ2) is 5.12. The monoisotopic (exact) mass is 330 g/mol. The highest BCUT2D eigenvalue weighted by atomic mass is 79.9. The molecule has 0 aliphatic heterocycles. The zero-order chi connectivity index (χ0) is 13.3. The van der Waals surface area contributed by atoms with Gasteiger partial charge in [-0.2, -0.15) is 0 Å². The molecule has 0 unspecified atom stereocenters. The number of carbonyl (C=O) groups excluding carboxylic acids is 1. The minimum absolute atomic E-state index is 0.0547. The normalized spacial score (nSPS) is 10.6. The summed E-state index contributed by atoms with van der Waals surface area (Å²) in [5, 5.41) is 1.05. The van der Waals surface area contributed by atoms with Crippen LogP contribution < -0.4 is 10.4 Å². The lowest BCUT2D eigenvalue weighted by molar-refractivity contribution is -0.131. The van der Waals surface area contributed by atoms with Gasteiger partial charge in [-0.25, -0.2) is 4.79 Å². The van der Waals surface area contributed by atoms with Gasteiger partial charge in [-0.05, 0) is 18.6 Å². The maximum Gasteiger partial charge on any atom is 0.336 e. The Morgan fingerprint density at radius 1 is 1.44 bits per heavy atom. The van der Waals surface area contributed by atoms with Gasteiger partial charge < -0.3 is 9.15 Å². The van der Waals surface area contributed by atoms with E-state index in [4.69, 9.17) is 20.8 Å². The molecule has 94 valence electrons. The third kappa shape index (κ3) is 2.57. The predicted octanol–water partition coefficient (Wildman–Crippen LogP) is 3.06. The molecule has 6 heteroatoms. The van der Waals surface area contributed by atoms with Gasteiger partial charge in [0.1, 0.15) is 10.9 Å². The van der Waals surface area contributed by atoms with Gasteiger partial charge in [0.15, 0.2) is 5.75 Å². The summed E-state index contributed by atoms with van der Waals surface area (Å²) in [6.07, 6.45) is 0. The Morgan fingerprint density at radius 2 is 2.17 bits per heavy atom. The first kappa shape index (κ1) is 13.1. The molecule has 0 bridgehead atoms. The number of alkyl halides is 1. The average Bonchev–Trinajstić information content (AvgIpc) is 2.31.